The number of ether oxygens (including phenoxy) is 1. The predicted molar refractivity (Wildman–Crippen MR) is 104 cm³/mol. The Kier molecular flexibility index (Phi) is 6.48. The molecule has 2 aromatic carbocycles. The lowest BCUT2D eigenvalue weighted by atomic mass is 10.1. The van der Waals surface area contributed by atoms with Crippen LogP contribution in [0.4, 0.5) is 5.69 Å². The van der Waals surface area contributed by atoms with Crippen molar-refractivity contribution in [1.82, 2.24) is 10.3 Å². The van der Waals surface area contributed by atoms with Crippen LogP contribution in [0.2, 0.25) is 0 Å². The summed E-state index contributed by atoms with van der Waals surface area (Å²) in [5.74, 6) is -2.06. The maximum absolute atomic E-state index is 12.7. The van der Waals surface area contributed by atoms with Crippen LogP contribution >= 0.6 is 0 Å². The zero-order chi connectivity index (χ0) is 19.8. The fourth-order valence-electron chi connectivity index (χ4n) is 2.65. The van der Waals surface area contributed by atoms with Crippen LogP contribution in [0.3, 0.4) is 0 Å². The quantitative estimate of drug-likeness (QED) is 0.474. The molecule has 1 aliphatic heterocycles. The number of hydrogen-bond acceptors (Lipinski definition) is 5. The highest BCUT2D eigenvalue weighted by molar-refractivity contribution is 6.40. The number of rotatable bonds is 4. The average Bonchev–Trinajstić information content (AvgIpc) is 2.75. The van der Waals surface area contributed by atoms with E-state index >= 15 is 0 Å². The number of hydrogen-bond donors (Lipinski definition) is 2. The molecule has 0 radical (unpaired) electrons. The monoisotopic (exact) mass is 380 g/mol. The second-order valence-corrected chi connectivity index (χ2v) is 6.01. The number of anilines is 1. The van der Waals surface area contributed by atoms with Crippen LogP contribution in [0, 0.1) is 0 Å². The Morgan fingerprint density at radius 1 is 0.929 bits per heavy atom. The van der Waals surface area contributed by atoms with Gasteiger partial charge in [0.25, 0.3) is 5.91 Å². The van der Waals surface area contributed by atoms with Gasteiger partial charge in [0.15, 0.2) is 0 Å². The Morgan fingerprint density at radius 2 is 1.61 bits per heavy atom. The molecule has 144 valence electrons. The van der Waals surface area contributed by atoms with Gasteiger partial charge in [-0.2, -0.15) is 5.10 Å². The highest BCUT2D eigenvalue weighted by atomic mass is 16.5. The van der Waals surface area contributed by atoms with Gasteiger partial charge < -0.3 is 15.0 Å². The summed E-state index contributed by atoms with van der Waals surface area (Å²) in [4.78, 5) is 38.5. The van der Waals surface area contributed by atoms with E-state index in [1.807, 2.05) is 30.3 Å². The third-order valence-electron chi connectivity index (χ3n) is 4.09. The van der Waals surface area contributed by atoms with E-state index in [0.29, 0.717) is 31.9 Å². The third-order valence-corrected chi connectivity index (χ3v) is 4.09. The molecular weight excluding hydrogens is 360 g/mol. The van der Waals surface area contributed by atoms with Crippen LogP contribution < -0.4 is 10.7 Å². The van der Waals surface area contributed by atoms with Crippen LogP contribution in [-0.4, -0.2) is 55.1 Å². The van der Waals surface area contributed by atoms with Crippen molar-refractivity contribution < 1.29 is 19.1 Å². The molecule has 0 aromatic heterocycles. The van der Waals surface area contributed by atoms with E-state index in [1.165, 1.54) is 6.21 Å². The summed E-state index contributed by atoms with van der Waals surface area (Å²) >= 11 is 0. The van der Waals surface area contributed by atoms with E-state index in [-0.39, 0.29) is 11.6 Å². The smallest absolute Gasteiger partial charge is 0.329 e. The van der Waals surface area contributed by atoms with E-state index in [2.05, 4.69) is 15.8 Å². The fraction of sp³-hybridized carbons (Fsp3) is 0.200. The van der Waals surface area contributed by atoms with Crippen molar-refractivity contribution in [3.8, 4) is 0 Å². The largest absolute Gasteiger partial charge is 0.378 e. The van der Waals surface area contributed by atoms with Crippen LogP contribution in [0.25, 0.3) is 0 Å². The third kappa shape index (κ3) is 5.01. The normalized spacial score (nSPS) is 13.9. The number of hydrazone groups is 1. The molecule has 1 heterocycles. The minimum Gasteiger partial charge on any atom is -0.378 e. The fourth-order valence-corrected chi connectivity index (χ4v) is 2.65. The molecule has 3 rings (SSSR count). The molecule has 8 nitrogen and oxygen atoms in total. The molecule has 1 aliphatic rings. The van der Waals surface area contributed by atoms with Gasteiger partial charge in [-0.25, -0.2) is 5.43 Å². The molecule has 1 saturated heterocycles. The summed E-state index contributed by atoms with van der Waals surface area (Å²) in [7, 11) is 0. The van der Waals surface area contributed by atoms with Gasteiger partial charge in [0.2, 0.25) is 0 Å². The van der Waals surface area contributed by atoms with E-state index in [1.54, 1.807) is 29.2 Å². The molecule has 0 saturated carbocycles. The number of nitrogens with one attached hydrogen (secondary N) is 2. The Balaban J connectivity index is 1.62. The van der Waals surface area contributed by atoms with Crippen molar-refractivity contribution in [2.45, 2.75) is 0 Å². The molecule has 0 spiro atoms. The summed E-state index contributed by atoms with van der Waals surface area (Å²) in [5.41, 5.74) is 3.54. The number of benzene rings is 2. The molecular formula is C20H20N4O4. The number of morpholine rings is 1. The number of carbonyl (C=O) groups is 3. The molecule has 0 bridgehead atoms. The number of para-hydroxylation sites is 1. The molecule has 3 amide bonds. The predicted octanol–water partition coefficient (Wildman–Crippen LogP) is 1.25. The van der Waals surface area contributed by atoms with Crippen LogP contribution in [-0.2, 0) is 14.3 Å². The summed E-state index contributed by atoms with van der Waals surface area (Å²) in [6.07, 6.45) is 1.43. The second kappa shape index (κ2) is 9.43. The molecule has 8 heteroatoms. The first kappa shape index (κ1) is 19.2. The molecule has 2 aromatic rings. The molecule has 0 aliphatic carbocycles. The first-order valence-corrected chi connectivity index (χ1v) is 8.80. The van der Waals surface area contributed by atoms with Crippen molar-refractivity contribution in [1.29, 1.82) is 0 Å². The summed E-state index contributed by atoms with van der Waals surface area (Å²) in [5, 5.41) is 6.24. The maximum atomic E-state index is 12.7. The van der Waals surface area contributed by atoms with Crippen molar-refractivity contribution in [3.05, 3.63) is 65.7 Å². The van der Waals surface area contributed by atoms with Gasteiger partial charge >= 0.3 is 11.8 Å². The lowest BCUT2D eigenvalue weighted by molar-refractivity contribution is -0.136. The van der Waals surface area contributed by atoms with Gasteiger partial charge in [0.1, 0.15) is 0 Å². The Labute approximate surface area is 162 Å². The first-order valence-electron chi connectivity index (χ1n) is 8.80. The number of nitrogens with zero attached hydrogens (tertiary/aromatic N) is 2. The molecule has 0 unspecified atom stereocenters. The maximum Gasteiger partial charge on any atom is 0.329 e. The summed E-state index contributed by atoms with van der Waals surface area (Å²) in [6.45, 7) is 1.91. The number of carbonyl (C=O) groups excluding carboxylic acids is 3. The van der Waals surface area contributed by atoms with Crippen molar-refractivity contribution in [2.75, 3.05) is 31.6 Å². The lowest BCUT2D eigenvalue weighted by Gasteiger charge is -2.27. The minimum absolute atomic E-state index is 0.221. The van der Waals surface area contributed by atoms with E-state index in [9.17, 15) is 14.4 Å². The summed E-state index contributed by atoms with van der Waals surface area (Å²) < 4.78 is 5.25. The van der Waals surface area contributed by atoms with Gasteiger partial charge in [-0.05, 0) is 17.7 Å². The van der Waals surface area contributed by atoms with E-state index < -0.39 is 11.8 Å². The van der Waals surface area contributed by atoms with Crippen molar-refractivity contribution in [3.63, 3.8) is 0 Å². The molecule has 0 atom stereocenters. The zero-order valence-corrected chi connectivity index (χ0v) is 15.1. The van der Waals surface area contributed by atoms with Crippen LogP contribution in [0.5, 0.6) is 0 Å². The second-order valence-electron chi connectivity index (χ2n) is 6.01. The van der Waals surface area contributed by atoms with E-state index in [4.69, 9.17) is 4.74 Å². The SMILES string of the molecule is O=C(N/N=C\c1ccccc1)C(=O)Nc1ccccc1C(=O)N1CCOCC1. The highest BCUT2D eigenvalue weighted by Crippen LogP contribution is 2.18. The van der Waals surface area contributed by atoms with Crippen molar-refractivity contribution in [2.24, 2.45) is 5.10 Å². The minimum atomic E-state index is -0.930. The lowest BCUT2D eigenvalue weighted by Crippen LogP contribution is -2.41. The Hall–Kier alpha value is -3.52. The van der Waals surface area contributed by atoms with E-state index in [0.717, 1.165) is 5.56 Å². The van der Waals surface area contributed by atoms with Crippen molar-refractivity contribution >= 4 is 29.6 Å². The molecule has 28 heavy (non-hydrogen) atoms. The number of amides is 3. The topological polar surface area (TPSA) is 100 Å². The first-order chi connectivity index (χ1) is 13.6. The molecule has 2 N–H and O–H groups in total. The van der Waals surface area contributed by atoms with Crippen LogP contribution in [0.15, 0.2) is 59.7 Å². The van der Waals surface area contributed by atoms with Gasteiger partial charge in [-0.1, -0.05) is 42.5 Å². The van der Waals surface area contributed by atoms with Gasteiger partial charge in [0, 0.05) is 13.1 Å². The van der Waals surface area contributed by atoms with Crippen LogP contribution in [0.1, 0.15) is 15.9 Å². The van der Waals surface area contributed by atoms with Gasteiger partial charge in [-0.3, -0.25) is 14.4 Å². The van der Waals surface area contributed by atoms with Gasteiger partial charge in [0.05, 0.1) is 30.7 Å². The highest BCUT2D eigenvalue weighted by Gasteiger charge is 2.22. The molecule has 1 fully saturated rings. The summed E-state index contributed by atoms with van der Waals surface area (Å²) in [6, 6.07) is 15.7. The standard InChI is InChI=1S/C20H20N4O4/c25-18(19(26)23-21-14-15-6-2-1-3-7-15)22-17-9-5-4-8-16(17)20(27)24-10-12-28-13-11-24/h1-9,14H,10-13H2,(H,22,25)(H,23,26)/b21-14-. The Morgan fingerprint density at radius 3 is 2.36 bits per heavy atom. The Bertz CT molecular complexity index is 877. The van der Waals surface area contributed by atoms with Gasteiger partial charge in [-0.15, -0.1) is 0 Å². The zero-order valence-electron chi connectivity index (χ0n) is 15.1. The average molecular weight is 380 g/mol.